The van der Waals surface area contributed by atoms with Crippen molar-refractivity contribution in [2.45, 2.75) is 192 Å². The maximum absolute atomic E-state index is 14.7. The largest absolute Gasteiger partial charge is 0.459 e. The summed E-state index contributed by atoms with van der Waals surface area (Å²) in [6, 6.07) is -3.14. The molecule has 0 radical (unpaired) electrons. The number of rotatable bonds is 29. The van der Waals surface area contributed by atoms with E-state index in [1.807, 2.05) is 51.2 Å². The van der Waals surface area contributed by atoms with Crippen LogP contribution in [-0.4, -0.2) is 236 Å². The molecule has 0 aromatic heterocycles. The van der Waals surface area contributed by atoms with Gasteiger partial charge in [-0.05, 0) is 126 Å². The molecular formula is C66H110N6O20. The SMILES string of the molecule is CCOCCOCCOCCOCCOCCOCCOCCNC(=O)O[C@@H]1CC[C@@H](C[C@@H](N)[C@@H]2CC(N=[N+]=[N-])[C@H](C)/C=C(\C)[C@@H](O)[C@@H](O)C(=O)C(C)CC(C)/C=C/C=C/C=C(\C)C(OC)C[C@@H]3CC[C@@H](C)[C@@](O)(O3)C(=O)C(=O)N3CCCC[C@H]3C(=O)O2)C[C@H]1OC. The number of fused-ring (bicyclic) bond motifs is 3. The van der Waals surface area contributed by atoms with Crippen LogP contribution in [0.15, 0.2) is 52.7 Å². The van der Waals surface area contributed by atoms with Crippen LogP contribution in [0.1, 0.15) is 126 Å². The van der Waals surface area contributed by atoms with Crippen LogP contribution in [0.4, 0.5) is 4.79 Å². The fourth-order valence-corrected chi connectivity index (χ4v) is 12.0. The summed E-state index contributed by atoms with van der Waals surface area (Å²) in [4.78, 5) is 74.5. The highest BCUT2D eigenvalue weighted by Gasteiger charge is 2.53. The number of hydrogen-bond acceptors (Lipinski definition) is 22. The first-order valence-electron chi connectivity index (χ1n) is 33.1. The van der Waals surface area contributed by atoms with Gasteiger partial charge in [-0.15, -0.1) is 0 Å². The molecule has 0 aromatic rings. The third kappa shape index (κ3) is 27.5. The number of allylic oxidation sites excluding steroid dienone is 5. The van der Waals surface area contributed by atoms with Crippen LogP contribution in [0.2, 0.25) is 0 Å². The van der Waals surface area contributed by atoms with Gasteiger partial charge in [0.15, 0.2) is 5.78 Å². The number of hydrogen-bond donors (Lipinski definition) is 5. The van der Waals surface area contributed by atoms with Crippen molar-refractivity contribution in [3.05, 3.63) is 58.0 Å². The lowest BCUT2D eigenvalue weighted by Gasteiger charge is -2.43. The first kappa shape index (κ1) is 79.7. The lowest BCUT2D eigenvalue weighted by atomic mass is 9.80. The summed E-state index contributed by atoms with van der Waals surface area (Å²) in [5.41, 5.74) is 18.1. The van der Waals surface area contributed by atoms with E-state index >= 15 is 0 Å². The highest BCUT2D eigenvalue weighted by molar-refractivity contribution is 6.39. The van der Waals surface area contributed by atoms with E-state index < -0.39 is 114 Å². The number of ketones is 2. The number of alkyl carbamates (subject to hydrolysis) is 1. The summed E-state index contributed by atoms with van der Waals surface area (Å²) >= 11 is 0. The van der Waals surface area contributed by atoms with Crippen LogP contribution in [0.3, 0.4) is 0 Å². The molecule has 16 atom stereocenters. The van der Waals surface area contributed by atoms with Gasteiger partial charge in [-0.2, -0.15) is 0 Å². The van der Waals surface area contributed by atoms with Gasteiger partial charge in [0.1, 0.15) is 30.5 Å². The zero-order valence-electron chi connectivity index (χ0n) is 56.1. The normalized spacial score (nSPS) is 32.6. The van der Waals surface area contributed by atoms with Crippen LogP contribution in [0.5, 0.6) is 0 Å². The molecule has 26 heteroatoms. The summed E-state index contributed by atoms with van der Waals surface area (Å²) in [6.45, 7) is 18.8. The monoisotopic (exact) mass is 1310 g/mol. The lowest BCUT2D eigenvalue weighted by molar-refractivity contribution is -0.265. The molecule has 1 saturated carbocycles. The first-order valence-corrected chi connectivity index (χ1v) is 33.1. The van der Waals surface area contributed by atoms with Crippen molar-refractivity contribution >= 4 is 29.5 Å². The molecule has 0 spiro atoms. The van der Waals surface area contributed by atoms with Crippen LogP contribution in [0, 0.1) is 29.6 Å². The van der Waals surface area contributed by atoms with Crippen LogP contribution in [0.25, 0.3) is 10.4 Å². The number of carbonyl (C=O) groups is 5. The Morgan fingerprint density at radius 2 is 1.38 bits per heavy atom. The van der Waals surface area contributed by atoms with Crippen molar-refractivity contribution in [2.24, 2.45) is 40.4 Å². The van der Waals surface area contributed by atoms with Gasteiger partial charge in [0.25, 0.3) is 11.7 Å². The number of methoxy groups -OCH3 is 2. The topological polar surface area (TPSA) is 347 Å². The highest BCUT2D eigenvalue weighted by atomic mass is 16.6. The molecule has 92 heavy (non-hydrogen) atoms. The number of piperidine rings is 1. The van der Waals surface area contributed by atoms with E-state index in [4.69, 9.17) is 62.6 Å². The van der Waals surface area contributed by atoms with Crippen molar-refractivity contribution in [3.63, 3.8) is 0 Å². The van der Waals surface area contributed by atoms with E-state index in [-0.39, 0.29) is 62.8 Å². The zero-order chi connectivity index (χ0) is 67.4. The Morgan fingerprint density at radius 1 is 0.761 bits per heavy atom. The van der Waals surface area contributed by atoms with Gasteiger partial charge in [-0.1, -0.05) is 69.3 Å². The number of Topliss-reactive ketones (excluding diaryl/α,β-unsaturated/α-hetero) is 2. The summed E-state index contributed by atoms with van der Waals surface area (Å²) < 4.78 is 68.4. The minimum Gasteiger partial charge on any atom is -0.459 e. The number of aliphatic hydroxyl groups is 3. The van der Waals surface area contributed by atoms with Crippen LogP contribution < -0.4 is 11.1 Å². The number of esters is 1. The second kappa shape index (κ2) is 44.1. The number of nitrogens with two attached hydrogens (primary N) is 1. The zero-order valence-corrected chi connectivity index (χ0v) is 56.1. The Kier molecular flexibility index (Phi) is 38.2. The highest BCUT2D eigenvalue weighted by Crippen LogP contribution is 2.38. The molecule has 3 aliphatic heterocycles. The average molecular weight is 1310 g/mol. The lowest BCUT2D eigenvalue weighted by Crippen LogP contribution is -2.61. The van der Waals surface area contributed by atoms with Crippen LogP contribution in [-0.2, 0) is 76.0 Å². The molecule has 2 saturated heterocycles. The molecule has 26 nitrogen and oxygen atoms in total. The van der Waals surface area contributed by atoms with Crippen molar-refractivity contribution in [1.82, 2.24) is 10.2 Å². The molecule has 3 heterocycles. The Morgan fingerprint density at radius 3 is 1.98 bits per heavy atom. The fourth-order valence-electron chi connectivity index (χ4n) is 12.0. The second-order valence-corrected chi connectivity index (χ2v) is 24.6. The van der Waals surface area contributed by atoms with Gasteiger partial charge in [-0.3, -0.25) is 14.4 Å². The fraction of sp³-hybridized carbons (Fsp3) is 0.803. The van der Waals surface area contributed by atoms with Gasteiger partial charge in [0, 0.05) is 69.2 Å². The minimum atomic E-state index is -2.50. The smallest absolute Gasteiger partial charge is 0.407 e. The second-order valence-electron chi connectivity index (χ2n) is 24.6. The first-order chi connectivity index (χ1) is 44.2. The molecule has 3 fully saturated rings. The maximum atomic E-state index is 14.7. The molecule has 4 rings (SSSR count). The van der Waals surface area contributed by atoms with Crippen LogP contribution >= 0.6 is 0 Å². The number of carbonyl (C=O) groups excluding carboxylic acids is 5. The maximum Gasteiger partial charge on any atom is 0.407 e. The molecule has 4 aliphatic rings. The Labute approximate surface area is 544 Å². The van der Waals surface area contributed by atoms with E-state index in [2.05, 4.69) is 15.3 Å². The molecule has 524 valence electrons. The van der Waals surface area contributed by atoms with Gasteiger partial charge in [-0.25, -0.2) is 9.59 Å². The molecular weight excluding hydrogens is 1200 g/mol. The molecule has 2 amide bonds. The van der Waals surface area contributed by atoms with Gasteiger partial charge in [0.05, 0.1) is 104 Å². The predicted molar refractivity (Wildman–Crippen MR) is 341 cm³/mol. The van der Waals surface area contributed by atoms with E-state index in [0.29, 0.717) is 137 Å². The van der Waals surface area contributed by atoms with E-state index in [1.54, 1.807) is 40.9 Å². The van der Waals surface area contributed by atoms with E-state index in [1.165, 1.54) is 7.11 Å². The number of azide groups is 1. The molecule has 2 bridgehead atoms. The van der Waals surface area contributed by atoms with Crippen molar-refractivity contribution in [1.29, 1.82) is 0 Å². The van der Waals surface area contributed by atoms with Gasteiger partial charge < -0.3 is 88.1 Å². The van der Waals surface area contributed by atoms with Gasteiger partial charge in [0.2, 0.25) is 5.79 Å². The molecule has 4 unspecified atom stereocenters. The molecule has 0 aromatic carbocycles. The molecule has 6 N–H and O–H groups in total. The number of nitrogens with one attached hydrogen (secondary N) is 1. The Hall–Kier alpha value is -4.74. The third-order valence-electron chi connectivity index (χ3n) is 17.6. The third-order valence-corrected chi connectivity index (χ3v) is 17.6. The summed E-state index contributed by atoms with van der Waals surface area (Å²) in [5.74, 6) is -8.47. The Balaban J connectivity index is 1.41. The number of nitrogens with zero attached hydrogens (tertiary/aromatic N) is 4. The summed E-state index contributed by atoms with van der Waals surface area (Å²) in [7, 11) is 3.07. The van der Waals surface area contributed by atoms with Crippen molar-refractivity contribution < 1.29 is 96.1 Å². The standard InChI is InChI=1S/C66H110N6O20/c1-10-83-26-27-85-30-31-87-34-35-89-37-36-88-33-32-86-29-28-84-25-23-69-65(79)91-55-22-20-50(41-58(55)82-9)40-52(67)57-43-53(70-71-68)46(4)39-48(6)60(74)61(75)59(73)47(5)38-44(2)16-12-11-13-17-45(3)56(81-8)42-51-21-19-49(7)66(80,92-51)62(76)63(77)72-24-15-14-18-54(72)64(78)90-57/h11-13,16-17,39,44,46-47,49-58,60-61,74-75,80H,10,14-15,18-38,40-43,67H2,1-9H3,(H,69,79)/b13-11+,16-12+,45-17+,48-39+/t44?,46-,47?,49-,50+,51+,52-,53?,54+,55-,56?,57+,58-,60-,61+,66-/m1/s1. The predicted octanol–water partition coefficient (Wildman–Crippen LogP) is 6.20. The number of aliphatic hydroxyl groups excluding tert-OH is 2. The summed E-state index contributed by atoms with van der Waals surface area (Å²) in [6.07, 6.45) is 7.61. The Bertz CT molecular complexity index is 2370. The quantitative estimate of drug-likeness (QED) is 0.0106. The summed E-state index contributed by atoms with van der Waals surface area (Å²) in [5, 5.41) is 41.5. The molecule has 1 aliphatic carbocycles. The van der Waals surface area contributed by atoms with E-state index in [0.717, 1.165) is 10.5 Å². The van der Waals surface area contributed by atoms with Gasteiger partial charge >= 0.3 is 12.1 Å². The van der Waals surface area contributed by atoms with Crippen molar-refractivity contribution in [2.75, 3.05) is 120 Å². The van der Waals surface area contributed by atoms with Crippen molar-refractivity contribution in [3.8, 4) is 0 Å². The van der Waals surface area contributed by atoms with E-state index in [9.17, 15) is 44.8 Å². The number of cyclic esters (lactones) is 1. The minimum absolute atomic E-state index is 0.0108. The number of ether oxygens (including phenoxy) is 12. The number of amides is 2. The average Bonchev–Trinajstić information content (AvgIpc) is 0.788.